The largest absolute Gasteiger partial charge is 0.462 e. The number of carbonyl (C=O) groups excluding carboxylic acids is 2. The first kappa shape index (κ1) is 18.3. The molecule has 0 spiro atoms. The molecule has 0 N–H and O–H groups in total. The molecule has 3 nitrogen and oxygen atoms in total. The zero-order chi connectivity index (χ0) is 18.7. The molecule has 3 fully saturated rings. The lowest BCUT2D eigenvalue weighted by atomic mass is 9.47. The van der Waals surface area contributed by atoms with Crippen molar-refractivity contribution in [3.63, 3.8) is 0 Å². The maximum atomic E-state index is 12.2. The Balaban J connectivity index is 1.59. The summed E-state index contributed by atoms with van der Waals surface area (Å²) in [7, 11) is 0. The standard InChI is InChI=1S/C23H34O3/c1-14(24)19-7-8-20-18-6-5-16-13-17(26-15(2)25)9-11-22(16,3)21(18)10-12-23(19,20)4/h5,17-21H,6-13H2,1-4H3/t17-,18+,19+,20-,21-,22+,23-/m1/s1. The fourth-order valence-electron chi connectivity index (χ4n) is 7.63. The highest BCUT2D eigenvalue weighted by Gasteiger charge is 2.59. The summed E-state index contributed by atoms with van der Waals surface area (Å²) < 4.78 is 5.53. The summed E-state index contributed by atoms with van der Waals surface area (Å²) in [5, 5.41) is 0. The van der Waals surface area contributed by atoms with Crippen LogP contribution in [-0.4, -0.2) is 17.9 Å². The van der Waals surface area contributed by atoms with Crippen LogP contribution in [0.5, 0.6) is 0 Å². The number of fused-ring (bicyclic) bond motifs is 5. The number of Topliss-reactive ketones (excluding diaryl/α,β-unsaturated/α-hetero) is 1. The van der Waals surface area contributed by atoms with Gasteiger partial charge in [0.05, 0.1) is 0 Å². The van der Waals surface area contributed by atoms with Crippen molar-refractivity contribution in [2.75, 3.05) is 0 Å². The molecule has 7 atom stereocenters. The van der Waals surface area contributed by atoms with Crippen molar-refractivity contribution in [2.24, 2.45) is 34.5 Å². The van der Waals surface area contributed by atoms with E-state index in [-0.39, 0.29) is 28.8 Å². The van der Waals surface area contributed by atoms with Gasteiger partial charge < -0.3 is 4.74 Å². The Labute approximate surface area is 157 Å². The zero-order valence-corrected chi connectivity index (χ0v) is 16.8. The Morgan fingerprint density at radius 3 is 2.50 bits per heavy atom. The van der Waals surface area contributed by atoms with Gasteiger partial charge in [-0.2, -0.15) is 0 Å². The van der Waals surface area contributed by atoms with Crippen LogP contribution in [-0.2, 0) is 14.3 Å². The second-order valence-electron chi connectivity index (χ2n) is 10.0. The lowest BCUT2D eigenvalue weighted by molar-refractivity contribution is -0.149. The number of carbonyl (C=O) groups is 2. The van der Waals surface area contributed by atoms with E-state index in [2.05, 4.69) is 19.9 Å². The summed E-state index contributed by atoms with van der Waals surface area (Å²) in [5.74, 6) is 2.72. The van der Waals surface area contributed by atoms with Gasteiger partial charge in [-0.05, 0) is 80.5 Å². The molecule has 0 saturated heterocycles. The maximum Gasteiger partial charge on any atom is 0.302 e. The second-order valence-corrected chi connectivity index (χ2v) is 10.0. The van der Waals surface area contributed by atoms with Crippen LogP contribution in [0.3, 0.4) is 0 Å². The van der Waals surface area contributed by atoms with Crippen molar-refractivity contribution in [3.8, 4) is 0 Å². The van der Waals surface area contributed by atoms with E-state index < -0.39 is 0 Å². The van der Waals surface area contributed by atoms with E-state index in [0.717, 1.165) is 43.9 Å². The lowest BCUT2D eigenvalue weighted by Crippen LogP contribution is -2.51. The fourth-order valence-corrected chi connectivity index (χ4v) is 7.63. The Bertz CT molecular complexity index is 650. The summed E-state index contributed by atoms with van der Waals surface area (Å²) in [6, 6.07) is 0. The smallest absolute Gasteiger partial charge is 0.302 e. The van der Waals surface area contributed by atoms with Crippen LogP contribution in [0.15, 0.2) is 11.6 Å². The average molecular weight is 359 g/mol. The molecule has 3 saturated carbocycles. The third-order valence-electron chi connectivity index (χ3n) is 8.88. The first-order chi connectivity index (χ1) is 12.3. The van der Waals surface area contributed by atoms with E-state index in [1.54, 1.807) is 12.5 Å². The van der Waals surface area contributed by atoms with E-state index in [1.165, 1.54) is 26.2 Å². The Hall–Kier alpha value is -1.12. The fraction of sp³-hybridized carbons (Fsp3) is 0.826. The third kappa shape index (κ3) is 2.60. The van der Waals surface area contributed by atoms with E-state index in [4.69, 9.17) is 4.74 Å². The van der Waals surface area contributed by atoms with E-state index in [1.807, 2.05) is 0 Å². The van der Waals surface area contributed by atoms with Crippen molar-refractivity contribution in [1.29, 1.82) is 0 Å². The molecule has 0 aliphatic heterocycles. The molecule has 0 aromatic heterocycles. The normalized spacial score (nSPS) is 47.2. The number of rotatable bonds is 2. The molecule has 26 heavy (non-hydrogen) atoms. The van der Waals surface area contributed by atoms with E-state index >= 15 is 0 Å². The predicted molar refractivity (Wildman–Crippen MR) is 101 cm³/mol. The number of hydrogen-bond donors (Lipinski definition) is 0. The Kier molecular flexibility index (Phi) is 4.36. The minimum absolute atomic E-state index is 0.0748. The SMILES string of the molecule is CC(=O)O[C@@H]1CC[C@@]2(C)C(=CC[C@H]3[C@H]4CC[C@@H](C(C)=O)[C@@]4(C)CC[C@H]32)C1. The molecule has 144 valence electrons. The van der Waals surface area contributed by atoms with Crippen molar-refractivity contribution >= 4 is 11.8 Å². The highest BCUT2D eigenvalue weighted by Crippen LogP contribution is 2.66. The zero-order valence-electron chi connectivity index (χ0n) is 16.8. The molecule has 0 unspecified atom stereocenters. The summed E-state index contributed by atoms with van der Waals surface area (Å²) in [6.45, 7) is 8.21. The quantitative estimate of drug-likeness (QED) is 0.510. The second kappa shape index (κ2) is 6.21. The average Bonchev–Trinajstić information content (AvgIpc) is 2.92. The van der Waals surface area contributed by atoms with Gasteiger partial charge in [0.25, 0.3) is 0 Å². The van der Waals surface area contributed by atoms with Crippen LogP contribution < -0.4 is 0 Å². The number of allylic oxidation sites excluding steroid dienone is 1. The molecule has 0 bridgehead atoms. The Morgan fingerprint density at radius 2 is 1.81 bits per heavy atom. The summed E-state index contributed by atoms with van der Waals surface area (Å²) >= 11 is 0. The lowest BCUT2D eigenvalue weighted by Gasteiger charge is -2.58. The van der Waals surface area contributed by atoms with Crippen LogP contribution in [0.4, 0.5) is 0 Å². The van der Waals surface area contributed by atoms with Crippen LogP contribution in [0.25, 0.3) is 0 Å². The molecule has 0 amide bonds. The van der Waals surface area contributed by atoms with Gasteiger partial charge in [-0.15, -0.1) is 0 Å². The summed E-state index contributed by atoms with van der Waals surface area (Å²) in [4.78, 5) is 23.6. The van der Waals surface area contributed by atoms with Crippen molar-refractivity contribution in [2.45, 2.75) is 85.2 Å². The van der Waals surface area contributed by atoms with Crippen molar-refractivity contribution < 1.29 is 14.3 Å². The van der Waals surface area contributed by atoms with Crippen LogP contribution in [0, 0.1) is 34.5 Å². The maximum absolute atomic E-state index is 12.2. The van der Waals surface area contributed by atoms with Crippen LogP contribution in [0.2, 0.25) is 0 Å². The van der Waals surface area contributed by atoms with Gasteiger partial charge in [-0.1, -0.05) is 25.5 Å². The monoisotopic (exact) mass is 358 g/mol. The number of ketones is 1. The van der Waals surface area contributed by atoms with Gasteiger partial charge in [-0.25, -0.2) is 0 Å². The first-order valence-corrected chi connectivity index (χ1v) is 10.6. The number of esters is 1. The summed E-state index contributed by atoms with van der Waals surface area (Å²) in [5.41, 5.74) is 2.04. The minimum atomic E-state index is -0.150. The summed E-state index contributed by atoms with van der Waals surface area (Å²) in [6.07, 6.45) is 11.6. The van der Waals surface area contributed by atoms with Crippen molar-refractivity contribution in [3.05, 3.63) is 11.6 Å². The van der Waals surface area contributed by atoms with Crippen LogP contribution >= 0.6 is 0 Å². The van der Waals surface area contributed by atoms with Crippen LogP contribution in [0.1, 0.15) is 79.1 Å². The first-order valence-electron chi connectivity index (χ1n) is 10.6. The number of hydrogen-bond acceptors (Lipinski definition) is 3. The highest BCUT2D eigenvalue weighted by molar-refractivity contribution is 5.79. The van der Waals surface area contributed by atoms with Crippen molar-refractivity contribution in [1.82, 2.24) is 0 Å². The van der Waals surface area contributed by atoms with Gasteiger partial charge >= 0.3 is 5.97 Å². The molecule has 0 aromatic carbocycles. The molecule has 4 aliphatic rings. The minimum Gasteiger partial charge on any atom is -0.462 e. The van der Waals surface area contributed by atoms with Gasteiger partial charge in [0.15, 0.2) is 0 Å². The van der Waals surface area contributed by atoms with Gasteiger partial charge in [0, 0.05) is 19.3 Å². The molecule has 0 radical (unpaired) electrons. The predicted octanol–water partition coefficient (Wildman–Crippen LogP) is 5.09. The van der Waals surface area contributed by atoms with Gasteiger partial charge in [-0.3, -0.25) is 9.59 Å². The molecular weight excluding hydrogens is 324 g/mol. The molecule has 0 heterocycles. The number of ether oxygens (including phenoxy) is 1. The van der Waals surface area contributed by atoms with E-state index in [0.29, 0.717) is 11.7 Å². The molecule has 4 aliphatic carbocycles. The van der Waals surface area contributed by atoms with Gasteiger partial charge in [0.2, 0.25) is 0 Å². The Morgan fingerprint density at radius 1 is 1.04 bits per heavy atom. The van der Waals surface area contributed by atoms with Gasteiger partial charge in [0.1, 0.15) is 11.9 Å². The topological polar surface area (TPSA) is 43.4 Å². The molecule has 0 aromatic rings. The molecular formula is C23H34O3. The van der Waals surface area contributed by atoms with E-state index in [9.17, 15) is 9.59 Å². The molecule has 4 rings (SSSR count). The highest BCUT2D eigenvalue weighted by atomic mass is 16.5. The third-order valence-corrected chi connectivity index (χ3v) is 8.88. The molecule has 3 heteroatoms.